The van der Waals surface area contributed by atoms with Crippen molar-refractivity contribution < 1.29 is 38.5 Å². The minimum atomic E-state index is -1.67. The number of nitrogens with zero attached hydrogens (tertiary/aromatic N) is 2. The highest BCUT2D eigenvalue weighted by Crippen LogP contribution is 2.45. The molecule has 3 atom stereocenters. The van der Waals surface area contributed by atoms with Gasteiger partial charge >= 0.3 is 24.1 Å². The number of imidazole rings is 1. The smallest absolute Gasteiger partial charge is 0.408 e. The third-order valence-corrected chi connectivity index (χ3v) is 10.6. The Balaban J connectivity index is 1.19. The van der Waals surface area contributed by atoms with Crippen molar-refractivity contribution >= 4 is 24.1 Å². The van der Waals surface area contributed by atoms with Gasteiger partial charge in [0, 0.05) is 18.5 Å². The van der Waals surface area contributed by atoms with Crippen LogP contribution in [0.5, 0.6) is 0 Å². The number of alkyl carbamates (subject to hydrolysis) is 2. The molecule has 0 spiro atoms. The highest BCUT2D eigenvalue weighted by Gasteiger charge is 2.39. The summed E-state index contributed by atoms with van der Waals surface area (Å²) in [6.45, 7) is 6.23. The van der Waals surface area contributed by atoms with E-state index in [0.717, 1.165) is 38.9 Å². The highest BCUT2D eigenvalue weighted by atomic mass is 16.6. The van der Waals surface area contributed by atoms with E-state index >= 15 is 0 Å². The third-order valence-electron chi connectivity index (χ3n) is 10.6. The van der Waals surface area contributed by atoms with Gasteiger partial charge in [-0.3, -0.25) is 0 Å². The molecule has 312 valence electrons. The number of esters is 1. The van der Waals surface area contributed by atoms with Crippen LogP contribution in [0, 0.1) is 0 Å². The molecular formula is C49H48N4O8. The van der Waals surface area contributed by atoms with E-state index in [1.807, 2.05) is 150 Å². The predicted octanol–water partition coefficient (Wildman–Crippen LogP) is 8.08. The van der Waals surface area contributed by atoms with E-state index in [1.54, 1.807) is 27.1 Å². The number of nitrogens with one attached hydrogen (secondary N) is 2. The average Bonchev–Trinajstić information content (AvgIpc) is 3.85. The maximum Gasteiger partial charge on any atom is 0.408 e. The van der Waals surface area contributed by atoms with Gasteiger partial charge in [-0.1, -0.05) is 140 Å². The maximum atomic E-state index is 14.1. The van der Waals surface area contributed by atoms with Crippen molar-refractivity contribution in [1.82, 2.24) is 20.2 Å². The molecule has 0 saturated heterocycles. The van der Waals surface area contributed by atoms with Crippen LogP contribution >= 0.6 is 0 Å². The molecule has 1 heterocycles. The summed E-state index contributed by atoms with van der Waals surface area (Å²) in [4.78, 5) is 57.5. The first kappa shape index (κ1) is 41.9. The summed E-state index contributed by atoms with van der Waals surface area (Å²) >= 11 is 0. The van der Waals surface area contributed by atoms with Crippen molar-refractivity contribution in [1.29, 1.82) is 0 Å². The van der Waals surface area contributed by atoms with E-state index in [9.17, 15) is 24.3 Å². The first-order valence-electron chi connectivity index (χ1n) is 20.1. The van der Waals surface area contributed by atoms with Gasteiger partial charge in [0.2, 0.25) is 0 Å². The van der Waals surface area contributed by atoms with Gasteiger partial charge in [-0.05, 0) is 66.6 Å². The largest absolute Gasteiger partial charge is 0.480 e. The highest BCUT2D eigenvalue weighted by molar-refractivity contribution is 5.84. The van der Waals surface area contributed by atoms with Gasteiger partial charge in [0.15, 0.2) is 6.04 Å². The van der Waals surface area contributed by atoms with E-state index in [-0.39, 0.29) is 18.9 Å². The van der Waals surface area contributed by atoms with Crippen LogP contribution in [-0.2, 0) is 35.8 Å². The fraction of sp³-hybridized carbons (Fsp3) is 0.245. The predicted molar refractivity (Wildman–Crippen MR) is 229 cm³/mol. The van der Waals surface area contributed by atoms with E-state index in [4.69, 9.17) is 19.2 Å². The molecular weight excluding hydrogens is 773 g/mol. The summed E-state index contributed by atoms with van der Waals surface area (Å²) in [5, 5.41) is 15.0. The molecule has 0 radical (unpaired) electrons. The lowest BCUT2D eigenvalue weighted by Gasteiger charge is -2.37. The zero-order chi connectivity index (χ0) is 43.1. The van der Waals surface area contributed by atoms with E-state index in [1.165, 1.54) is 6.92 Å². The summed E-state index contributed by atoms with van der Waals surface area (Å²) in [6, 6.07) is 42.8. The number of amides is 2. The van der Waals surface area contributed by atoms with Gasteiger partial charge in [-0.15, -0.1) is 0 Å². The Morgan fingerprint density at radius 3 is 1.69 bits per heavy atom. The molecule has 12 nitrogen and oxygen atoms in total. The number of carboxylic acids is 1. The number of carboxylic acid groups (broad SMARTS) is 1. The molecule has 6 aromatic rings. The number of carbonyl (C=O) groups excluding carboxylic acids is 3. The second kappa shape index (κ2) is 18.0. The molecule has 3 N–H and O–H groups in total. The Labute approximate surface area is 354 Å². The molecule has 12 heteroatoms. The second-order valence-corrected chi connectivity index (χ2v) is 15.9. The number of rotatable bonds is 14. The summed E-state index contributed by atoms with van der Waals surface area (Å²) in [7, 11) is 0. The topological polar surface area (TPSA) is 158 Å². The number of fused-ring (bicyclic) bond motifs is 3. The Morgan fingerprint density at radius 2 is 1.20 bits per heavy atom. The van der Waals surface area contributed by atoms with Gasteiger partial charge in [0.1, 0.15) is 29.9 Å². The molecule has 0 aliphatic heterocycles. The van der Waals surface area contributed by atoms with Crippen molar-refractivity contribution in [3.05, 3.63) is 186 Å². The van der Waals surface area contributed by atoms with Gasteiger partial charge in [-0.2, -0.15) is 0 Å². The lowest BCUT2D eigenvalue weighted by molar-refractivity contribution is -0.156. The lowest BCUT2D eigenvalue weighted by atomic mass is 9.77. The summed E-state index contributed by atoms with van der Waals surface area (Å²) in [5.41, 5.74) is 5.62. The number of aromatic nitrogens is 2. The number of hydrogen-bond acceptors (Lipinski definition) is 8. The Morgan fingerprint density at radius 1 is 0.705 bits per heavy atom. The van der Waals surface area contributed by atoms with Gasteiger partial charge in [-0.25, -0.2) is 24.2 Å². The van der Waals surface area contributed by atoms with E-state index in [2.05, 4.69) is 10.6 Å². The normalized spacial score (nSPS) is 13.8. The molecule has 61 heavy (non-hydrogen) atoms. The minimum Gasteiger partial charge on any atom is -0.480 e. The van der Waals surface area contributed by atoms with Crippen LogP contribution < -0.4 is 10.6 Å². The number of ether oxygens (including phenoxy) is 3. The van der Waals surface area contributed by atoms with Crippen LogP contribution in [0.25, 0.3) is 11.1 Å². The molecule has 1 aliphatic carbocycles. The van der Waals surface area contributed by atoms with Crippen LogP contribution in [0.1, 0.15) is 67.1 Å². The van der Waals surface area contributed by atoms with E-state index in [0.29, 0.717) is 5.69 Å². The van der Waals surface area contributed by atoms with Crippen molar-refractivity contribution in [3.63, 3.8) is 0 Å². The number of hydrogen-bond donors (Lipinski definition) is 3. The zero-order valence-corrected chi connectivity index (χ0v) is 34.4. The average molecular weight is 821 g/mol. The summed E-state index contributed by atoms with van der Waals surface area (Å²) in [5.74, 6) is -2.66. The molecule has 3 unspecified atom stereocenters. The van der Waals surface area contributed by atoms with Crippen molar-refractivity contribution in [3.8, 4) is 11.1 Å². The fourth-order valence-corrected chi connectivity index (χ4v) is 7.97. The van der Waals surface area contributed by atoms with Gasteiger partial charge < -0.3 is 34.5 Å². The number of aliphatic carboxylic acids is 1. The Bertz CT molecular complexity index is 2340. The van der Waals surface area contributed by atoms with Crippen molar-refractivity contribution in [2.24, 2.45) is 0 Å². The maximum absolute atomic E-state index is 14.1. The van der Waals surface area contributed by atoms with Crippen LogP contribution in [0.15, 0.2) is 152 Å². The van der Waals surface area contributed by atoms with Gasteiger partial charge in [0.05, 0.1) is 12.0 Å². The number of benzene rings is 5. The first-order chi connectivity index (χ1) is 29.3. The van der Waals surface area contributed by atoms with Crippen LogP contribution in [-0.4, -0.2) is 69.2 Å². The molecule has 7 rings (SSSR count). The Kier molecular flexibility index (Phi) is 12.3. The van der Waals surface area contributed by atoms with Crippen LogP contribution in [0.4, 0.5) is 9.59 Å². The van der Waals surface area contributed by atoms with Gasteiger partial charge in [0.25, 0.3) is 0 Å². The zero-order valence-electron chi connectivity index (χ0n) is 34.4. The van der Waals surface area contributed by atoms with Crippen molar-refractivity contribution in [2.45, 2.75) is 69.4 Å². The SMILES string of the molecule is CC(OC(=O)C(Cc1cn(C(c2ccccc2)(c2ccccc2)c2ccccc2)cn1)NC(=O)OCC1c2ccccc2-c2ccccc21)C(NC(=O)OC(C)(C)C)C(=O)O. The number of carbonyl (C=O) groups is 4. The monoisotopic (exact) mass is 820 g/mol. The first-order valence-corrected chi connectivity index (χ1v) is 20.1. The standard InChI is InChI=1S/C49H48N4O8/c1-32(43(44(54)55)52-47(58)61-48(2,3)4)60-45(56)42(51-46(57)59-30-41-39-26-16-14-24-37(39)38-25-15-17-27-40(38)41)28-36-29-53(31-50-36)49(33-18-8-5-9-19-33,34-20-10-6-11-21-34)35-22-12-7-13-23-35/h5-27,29,31-32,41-43H,28,30H2,1-4H3,(H,51,57)(H,52,58)(H,54,55). The van der Waals surface area contributed by atoms with Crippen LogP contribution in [0.3, 0.4) is 0 Å². The fourth-order valence-electron chi connectivity index (χ4n) is 7.97. The third kappa shape index (κ3) is 9.18. The Hall–Kier alpha value is -7.21. The molecule has 0 fully saturated rings. The van der Waals surface area contributed by atoms with Crippen LogP contribution in [0.2, 0.25) is 0 Å². The molecule has 2 amide bonds. The van der Waals surface area contributed by atoms with E-state index < -0.39 is 53.5 Å². The lowest BCUT2D eigenvalue weighted by Crippen LogP contribution is -2.52. The van der Waals surface area contributed by atoms with Crippen molar-refractivity contribution in [2.75, 3.05) is 6.61 Å². The minimum absolute atomic E-state index is 0.0126. The summed E-state index contributed by atoms with van der Waals surface area (Å²) < 4.78 is 18.8. The molecule has 0 saturated carbocycles. The second-order valence-electron chi connectivity index (χ2n) is 15.9. The summed E-state index contributed by atoms with van der Waals surface area (Å²) in [6.07, 6.45) is 0.0782. The molecule has 5 aromatic carbocycles. The molecule has 1 aliphatic rings. The molecule has 0 bridgehead atoms. The molecule has 1 aromatic heterocycles. The quantitative estimate of drug-likeness (QED) is 0.0561.